The summed E-state index contributed by atoms with van der Waals surface area (Å²) in [6, 6.07) is 11.4. The van der Waals surface area contributed by atoms with E-state index < -0.39 is 0 Å². The Morgan fingerprint density at radius 3 is 2.54 bits per heavy atom. The van der Waals surface area contributed by atoms with Gasteiger partial charge in [-0.2, -0.15) is 0 Å². The van der Waals surface area contributed by atoms with Gasteiger partial charge in [0.05, 0.1) is 0 Å². The molecule has 1 aliphatic rings. The van der Waals surface area contributed by atoms with Crippen LogP contribution in [0.2, 0.25) is 0 Å². The Labute approximate surface area is 156 Å². The van der Waals surface area contributed by atoms with Crippen LogP contribution in [0.1, 0.15) is 55.0 Å². The topological polar surface area (TPSA) is 21.1 Å². The molecule has 4 rings (SSSR count). The van der Waals surface area contributed by atoms with E-state index in [4.69, 9.17) is 0 Å². The number of pyridine rings is 1. The van der Waals surface area contributed by atoms with Crippen LogP contribution in [0, 0.1) is 0 Å². The fourth-order valence-corrected chi connectivity index (χ4v) is 4.24. The standard InChI is InChI=1S/C23H29N3/c1-16(2)19-5-6-22-20(13-19)21-15-25(4)12-9-23(21)26(22)14-17(3)18-7-10-24-11-8-18/h5-8,10-11,13,16-17H,9,12,14-15H2,1-4H3. The highest BCUT2D eigenvalue weighted by atomic mass is 15.1. The number of rotatable bonds is 4. The maximum Gasteiger partial charge on any atom is 0.0486 e. The van der Waals surface area contributed by atoms with E-state index in [1.165, 1.54) is 27.6 Å². The van der Waals surface area contributed by atoms with Crippen molar-refractivity contribution in [3.05, 3.63) is 65.1 Å². The molecule has 0 saturated heterocycles. The maximum atomic E-state index is 4.17. The molecule has 136 valence electrons. The van der Waals surface area contributed by atoms with Crippen LogP contribution >= 0.6 is 0 Å². The summed E-state index contributed by atoms with van der Waals surface area (Å²) in [5.41, 5.74) is 7.28. The summed E-state index contributed by atoms with van der Waals surface area (Å²) >= 11 is 0. The third kappa shape index (κ3) is 3.05. The van der Waals surface area contributed by atoms with Gasteiger partial charge >= 0.3 is 0 Å². The number of fused-ring (bicyclic) bond motifs is 3. The molecular weight excluding hydrogens is 318 g/mol. The number of nitrogens with zero attached hydrogens (tertiary/aromatic N) is 3. The van der Waals surface area contributed by atoms with Crippen LogP contribution in [0.3, 0.4) is 0 Å². The Morgan fingerprint density at radius 2 is 1.81 bits per heavy atom. The van der Waals surface area contributed by atoms with Crippen LogP contribution < -0.4 is 0 Å². The third-order valence-electron chi connectivity index (χ3n) is 5.87. The molecule has 3 heterocycles. The van der Waals surface area contributed by atoms with Crippen LogP contribution in [0.4, 0.5) is 0 Å². The third-order valence-corrected chi connectivity index (χ3v) is 5.87. The first-order valence-corrected chi connectivity index (χ1v) is 9.77. The molecule has 2 aromatic heterocycles. The van der Waals surface area contributed by atoms with Crippen LogP contribution in [0.5, 0.6) is 0 Å². The van der Waals surface area contributed by atoms with Gasteiger partial charge in [-0.15, -0.1) is 0 Å². The van der Waals surface area contributed by atoms with Gasteiger partial charge in [-0.1, -0.05) is 26.8 Å². The summed E-state index contributed by atoms with van der Waals surface area (Å²) in [4.78, 5) is 6.61. The molecule has 0 bridgehead atoms. The first kappa shape index (κ1) is 17.3. The van der Waals surface area contributed by atoms with E-state index in [1.54, 1.807) is 5.69 Å². The molecule has 0 amide bonds. The number of aromatic nitrogens is 2. The molecule has 0 radical (unpaired) electrons. The van der Waals surface area contributed by atoms with E-state index >= 15 is 0 Å². The van der Waals surface area contributed by atoms with Gasteiger partial charge in [0.25, 0.3) is 0 Å². The monoisotopic (exact) mass is 347 g/mol. The summed E-state index contributed by atoms with van der Waals surface area (Å²) in [5.74, 6) is 1.04. The second-order valence-corrected chi connectivity index (χ2v) is 8.14. The van der Waals surface area contributed by atoms with Crippen LogP contribution in [-0.4, -0.2) is 28.0 Å². The molecular formula is C23H29N3. The first-order chi connectivity index (χ1) is 12.5. The van der Waals surface area contributed by atoms with Crippen molar-refractivity contribution in [2.75, 3.05) is 13.6 Å². The normalized spacial score (nSPS) is 16.2. The van der Waals surface area contributed by atoms with Crippen molar-refractivity contribution in [3.8, 4) is 0 Å². The zero-order valence-electron chi connectivity index (χ0n) is 16.4. The lowest BCUT2D eigenvalue weighted by Gasteiger charge is -2.25. The highest BCUT2D eigenvalue weighted by Gasteiger charge is 2.23. The van der Waals surface area contributed by atoms with E-state index in [0.717, 1.165) is 26.1 Å². The predicted molar refractivity (Wildman–Crippen MR) is 109 cm³/mol. The fraction of sp³-hybridized carbons (Fsp3) is 0.435. The minimum atomic E-state index is 0.474. The number of likely N-dealkylation sites (N-methyl/N-ethyl adjacent to an activating group) is 1. The lowest BCUT2D eigenvalue weighted by molar-refractivity contribution is 0.308. The zero-order chi connectivity index (χ0) is 18.3. The number of hydrogen-bond acceptors (Lipinski definition) is 2. The molecule has 0 aliphatic carbocycles. The molecule has 1 unspecified atom stereocenters. The summed E-state index contributed by atoms with van der Waals surface area (Å²) in [5, 5.41) is 1.46. The van der Waals surface area contributed by atoms with Gasteiger partial charge in [-0.3, -0.25) is 4.98 Å². The van der Waals surface area contributed by atoms with E-state index in [0.29, 0.717) is 11.8 Å². The summed E-state index contributed by atoms with van der Waals surface area (Å²) < 4.78 is 2.59. The van der Waals surface area contributed by atoms with Crippen molar-refractivity contribution in [1.82, 2.24) is 14.5 Å². The molecule has 3 nitrogen and oxygen atoms in total. The van der Waals surface area contributed by atoms with Gasteiger partial charge in [-0.25, -0.2) is 0 Å². The van der Waals surface area contributed by atoms with E-state index in [2.05, 4.69) is 72.6 Å². The molecule has 1 aliphatic heterocycles. The maximum absolute atomic E-state index is 4.17. The Hall–Kier alpha value is -2.13. The average molecular weight is 348 g/mol. The summed E-state index contributed by atoms with van der Waals surface area (Å²) in [7, 11) is 2.23. The Kier molecular flexibility index (Phi) is 4.58. The molecule has 3 aromatic rings. The first-order valence-electron chi connectivity index (χ1n) is 9.77. The number of hydrogen-bond donors (Lipinski definition) is 0. The van der Waals surface area contributed by atoms with Crippen molar-refractivity contribution in [2.45, 2.75) is 52.1 Å². The Bertz CT molecular complexity index is 908. The van der Waals surface area contributed by atoms with Crippen LogP contribution in [0.25, 0.3) is 10.9 Å². The number of benzene rings is 1. The Balaban J connectivity index is 1.81. The van der Waals surface area contributed by atoms with E-state index in [-0.39, 0.29) is 0 Å². The summed E-state index contributed by atoms with van der Waals surface area (Å²) in [6.45, 7) is 10.1. The second kappa shape index (κ2) is 6.88. The summed E-state index contributed by atoms with van der Waals surface area (Å²) in [6.07, 6.45) is 4.94. The molecule has 1 aromatic carbocycles. The van der Waals surface area contributed by atoms with Gasteiger partial charge < -0.3 is 9.47 Å². The SMILES string of the molecule is CC(C)c1ccc2c(c1)c1c(n2CC(C)c2ccncc2)CCN(C)C1. The average Bonchev–Trinajstić information content (AvgIpc) is 2.95. The minimum Gasteiger partial charge on any atom is -0.344 e. The molecule has 0 N–H and O–H groups in total. The smallest absolute Gasteiger partial charge is 0.0486 e. The van der Waals surface area contributed by atoms with Crippen molar-refractivity contribution >= 4 is 10.9 Å². The molecule has 26 heavy (non-hydrogen) atoms. The van der Waals surface area contributed by atoms with E-state index in [9.17, 15) is 0 Å². The van der Waals surface area contributed by atoms with Gasteiger partial charge in [0, 0.05) is 55.0 Å². The molecule has 0 fully saturated rings. The van der Waals surface area contributed by atoms with Crippen molar-refractivity contribution in [1.29, 1.82) is 0 Å². The van der Waals surface area contributed by atoms with Gasteiger partial charge in [-0.05, 0) is 59.8 Å². The molecule has 0 spiro atoms. The van der Waals surface area contributed by atoms with Gasteiger partial charge in [0.2, 0.25) is 0 Å². The largest absolute Gasteiger partial charge is 0.344 e. The van der Waals surface area contributed by atoms with Crippen molar-refractivity contribution < 1.29 is 0 Å². The van der Waals surface area contributed by atoms with Crippen LogP contribution in [-0.2, 0) is 19.5 Å². The highest BCUT2D eigenvalue weighted by molar-refractivity contribution is 5.86. The van der Waals surface area contributed by atoms with Gasteiger partial charge in [0.1, 0.15) is 0 Å². The lowest BCUT2D eigenvalue weighted by Crippen LogP contribution is -2.27. The second-order valence-electron chi connectivity index (χ2n) is 8.14. The lowest BCUT2D eigenvalue weighted by atomic mass is 9.98. The van der Waals surface area contributed by atoms with E-state index in [1.807, 2.05) is 12.4 Å². The highest BCUT2D eigenvalue weighted by Crippen LogP contribution is 2.34. The predicted octanol–water partition coefficient (Wildman–Crippen LogP) is 4.95. The fourth-order valence-electron chi connectivity index (χ4n) is 4.24. The van der Waals surface area contributed by atoms with Crippen molar-refractivity contribution in [3.63, 3.8) is 0 Å². The van der Waals surface area contributed by atoms with Crippen molar-refractivity contribution in [2.24, 2.45) is 0 Å². The zero-order valence-corrected chi connectivity index (χ0v) is 16.4. The molecule has 3 heteroatoms. The Morgan fingerprint density at radius 1 is 1.04 bits per heavy atom. The molecule has 0 saturated carbocycles. The quantitative estimate of drug-likeness (QED) is 0.666. The minimum absolute atomic E-state index is 0.474. The van der Waals surface area contributed by atoms with Gasteiger partial charge in [0.15, 0.2) is 0 Å². The van der Waals surface area contributed by atoms with Crippen LogP contribution in [0.15, 0.2) is 42.7 Å². The molecule has 1 atom stereocenters.